The highest BCUT2D eigenvalue weighted by molar-refractivity contribution is 7.91. The third-order valence-corrected chi connectivity index (χ3v) is 7.17. The quantitative estimate of drug-likeness (QED) is 0.160. The van der Waals surface area contributed by atoms with Gasteiger partial charge in [0.25, 0.3) is 5.91 Å². The lowest BCUT2D eigenvalue weighted by molar-refractivity contribution is -0.168. The van der Waals surface area contributed by atoms with Crippen molar-refractivity contribution in [1.29, 1.82) is 0 Å². The van der Waals surface area contributed by atoms with Crippen LogP contribution < -0.4 is 5.32 Å². The van der Waals surface area contributed by atoms with E-state index in [2.05, 4.69) is 10.1 Å². The Morgan fingerprint density at radius 2 is 1.71 bits per heavy atom. The van der Waals surface area contributed by atoms with E-state index < -0.39 is 51.2 Å². The maximum atomic E-state index is 12.9. The minimum Gasteiger partial charge on any atom is -0.508 e. The van der Waals surface area contributed by atoms with Gasteiger partial charge in [0.05, 0.1) is 17.8 Å². The molecule has 196 valence electrons. The van der Waals surface area contributed by atoms with Crippen molar-refractivity contribution in [2.45, 2.75) is 37.5 Å². The molecule has 0 fully saturated rings. The molecule has 0 aliphatic carbocycles. The number of phenolic OH excluding ortho intramolecular Hbond substituents is 1. The van der Waals surface area contributed by atoms with Crippen LogP contribution in [-0.4, -0.2) is 86.0 Å². The van der Waals surface area contributed by atoms with Gasteiger partial charge in [0.2, 0.25) is 11.8 Å². The van der Waals surface area contributed by atoms with Gasteiger partial charge in [-0.05, 0) is 43.0 Å². The lowest BCUT2D eigenvalue weighted by Crippen LogP contribution is -2.46. The number of rotatable bonds is 12. The maximum absolute atomic E-state index is 12.9. The Balaban J connectivity index is 2.99. The molecular formula is C22H33N3O9S. The van der Waals surface area contributed by atoms with Gasteiger partial charge < -0.3 is 15.2 Å². The number of carbonyl (C=O) groups is 4. The number of nitrogens with zero attached hydrogens (tertiary/aromatic N) is 2. The Morgan fingerprint density at radius 1 is 1.11 bits per heavy atom. The molecule has 35 heavy (non-hydrogen) atoms. The van der Waals surface area contributed by atoms with Gasteiger partial charge in [-0.3, -0.25) is 24.5 Å². The Bertz CT molecular complexity index is 994. The number of sulfone groups is 1. The van der Waals surface area contributed by atoms with E-state index in [1.807, 2.05) is 0 Å². The van der Waals surface area contributed by atoms with Crippen molar-refractivity contribution in [3.63, 3.8) is 0 Å². The van der Waals surface area contributed by atoms with Crippen LogP contribution >= 0.6 is 0 Å². The molecule has 0 aromatic heterocycles. The second-order valence-corrected chi connectivity index (χ2v) is 10.0. The van der Waals surface area contributed by atoms with E-state index in [9.17, 15) is 37.9 Å². The number of carbonyl (C=O) groups excluding carboxylic acids is 4. The van der Waals surface area contributed by atoms with E-state index in [1.165, 1.54) is 31.3 Å². The fourth-order valence-electron chi connectivity index (χ4n) is 3.45. The summed E-state index contributed by atoms with van der Waals surface area (Å²) in [5.41, 5.74) is 0. The fraction of sp³-hybridized carbons (Fsp3) is 0.545. The number of imide groups is 1. The molecule has 3 N–H and O–H groups in total. The highest BCUT2D eigenvalue weighted by Crippen LogP contribution is 2.26. The molecule has 0 heterocycles. The van der Waals surface area contributed by atoms with Crippen molar-refractivity contribution in [2.24, 2.45) is 11.8 Å². The number of hydrogen-bond donors (Lipinski definition) is 3. The smallest absolute Gasteiger partial charge is 0.415 e. The summed E-state index contributed by atoms with van der Waals surface area (Å²) in [6, 6.07) is 4.89. The monoisotopic (exact) mass is 515 g/mol. The number of hydrogen-bond acceptors (Lipinski definition) is 9. The lowest BCUT2D eigenvalue weighted by Gasteiger charge is -2.27. The van der Waals surface area contributed by atoms with Gasteiger partial charge in [-0.25, -0.2) is 18.3 Å². The number of phenols is 1. The van der Waals surface area contributed by atoms with Gasteiger partial charge in [0.15, 0.2) is 9.84 Å². The largest absolute Gasteiger partial charge is 0.508 e. The van der Waals surface area contributed by atoms with E-state index in [-0.39, 0.29) is 41.5 Å². The van der Waals surface area contributed by atoms with Crippen molar-refractivity contribution in [1.82, 2.24) is 15.3 Å². The zero-order valence-electron chi connectivity index (χ0n) is 20.3. The second kappa shape index (κ2) is 13.6. The summed E-state index contributed by atoms with van der Waals surface area (Å²) in [6.07, 6.45) is -0.0921. The lowest BCUT2D eigenvalue weighted by atomic mass is 9.88. The number of aromatic hydroxyl groups is 1. The van der Waals surface area contributed by atoms with Crippen molar-refractivity contribution in [2.75, 3.05) is 33.5 Å². The number of amides is 4. The Morgan fingerprint density at radius 3 is 2.23 bits per heavy atom. The number of benzene rings is 1. The number of nitrogens with one attached hydrogen (secondary N) is 1. The number of methoxy groups -OCH3 is 1. The summed E-state index contributed by atoms with van der Waals surface area (Å²) >= 11 is 0. The standard InChI is InChI=1S/C22H33N3O9S/c1-5-7-15(14-35(32,33)17-11-9-16(26)10-12-17)19(21(29)25(3)31)20(28)23-13-6-8-18(27)24(2)22(30)34-4/h9-12,15,19,26,31H,5-8,13-14H2,1-4H3,(H,23,28)/t15-,19-/m0/s1. The highest BCUT2D eigenvalue weighted by atomic mass is 32.2. The highest BCUT2D eigenvalue weighted by Gasteiger charge is 2.38. The first kappa shape index (κ1) is 29.8. The zero-order valence-corrected chi connectivity index (χ0v) is 21.1. The van der Waals surface area contributed by atoms with Gasteiger partial charge in [0.1, 0.15) is 11.7 Å². The molecule has 0 radical (unpaired) electrons. The molecular weight excluding hydrogens is 482 g/mol. The summed E-state index contributed by atoms with van der Waals surface area (Å²) in [6.45, 7) is 1.74. The van der Waals surface area contributed by atoms with Crippen LogP contribution in [0.4, 0.5) is 4.79 Å². The summed E-state index contributed by atoms with van der Waals surface area (Å²) in [7, 11) is -0.500. The van der Waals surface area contributed by atoms with Crippen molar-refractivity contribution in [3.8, 4) is 5.75 Å². The third kappa shape index (κ3) is 8.83. The molecule has 0 bridgehead atoms. The van der Waals surface area contributed by atoms with Crippen LogP contribution in [0.1, 0.15) is 32.6 Å². The summed E-state index contributed by atoms with van der Waals surface area (Å²) in [4.78, 5) is 49.7. The predicted molar refractivity (Wildman–Crippen MR) is 124 cm³/mol. The van der Waals surface area contributed by atoms with Crippen molar-refractivity contribution >= 4 is 33.7 Å². The van der Waals surface area contributed by atoms with E-state index in [0.29, 0.717) is 6.42 Å². The van der Waals surface area contributed by atoms with Crippen LogP contribution in [0.15, 0.2) is 29.2 Å². The maximum Gasteiger partial charge on any atom is 0.415 e. The first-order chi connectivity index (χ1) is 16.3. The molecule has 1 aromatic rings. The summed E-state index contributed by atoms with van der Waals surface area (Å²) < 4.78 is 30.3. The Kier molecular flexibility index (Phi) is 11.6. The number of ether oxygens (including phenoxy) is 1. The van der Waals surface area contributed by atoms with Gasteiger partial charge in [0, 0.05) is 27.1 Å². The molecule has 1 rings (SSSR count). The minimum absolute atomic E-state index is 0.0257. The number of hydroxylamine groups is 2. The molecule has 13 heteroatoms. The van der Waals surface area contributed by atoms with Gasteiger partial charge in [-0.15, -0.1) is 0 Å². The average Bonchev–Trinajstić information content (AvgIpc) is 2.80. The second-order valence-electron chi connectivity index (χ2n) is 7.98. The molecule has 0 aliphatic rings. The van der Waals surface area contributed by atoms with Crippen molar-refractivity contribution in [3.05, 3.63) is 24.3 Å². The molecule has 0 aliphatic heterocycles. The molecule has 4 amide bonds. The zero-order chi connectivity index (χ0) is 26.8. The Labute approximate surface area is 204 Å². The van der Waals surface area contributed by atoms with Crippen LogP contribution in [0.3, 0.4) is 0 Å². The average molecular weight is 516 g/mol. The van der Waals surface area contributed by atoms with Crippen LogP contribution in [-0.2, 0) is 29.0 Å². The Hall–Kier alpha value is -3.19. The normalized spacial score (nSPS) is 12.8. The van der Waals surface area contributed by atoms with Gasteiger partial charge >= 0.3 is 6.09 Å². The molecule has 0 saturated carbocycles. The summed E-state index contributed by atoms with van der Waals surface area (Å²) in [5, 5.41) is 21.9. The SMILES string of the molecule is CCC[C@@H](CS(=O)(=O)c1ccc(O)cc1)[C@@H](C(=O)NCCCC(=O)N(C)C(=O)OC)C(=O)N(C)O. The topological polar surface area (TPSA) is 171 Å². The molecule has 12 nitrogen and oxygen atoms in total. The third-order valence-electron chi connectivity index (χ3n) is 5.32. The summed E-state index contributed by atoms with van der Waals surface area (Å²) in [5.74, 6) is -5.38. The van der Waals surface area contributed by atoms with Gasteiger partial charge in [-0.2, -0.15) is 0 Å². The molecule has 0 saturated heterocycles. The predicted octanol–water partition coefficient (Wildman–Crippen LogP) is 1.17. The van der Waals surface area contributed by atoms with Crippen molar-refractivity contribution < 1.29 is 42.6 Å². The first-order valence-corrected chi connectivity index (χ1v) is 12.6. The first-order valence-electron chi connectivity index (χ1n) is 11.0. The van der Waals surface area contributed by atoms with E-state index in [1.54, 1.807) is 6.92 Å². The molecule has 0 unspecified atom stereocenters. The molecule has 2 atom stereocenters. The van der Waals surface area contributed by atoms with Crippen LogP contribution in [0, 0.1) is 11.8 Å². The van der Waals surface area contributed by atoms with Crippen LogP contribution in [0.2, 0.25) is 0 Å². The van der Waals surface area contributed by atoms with Crippen LogP contribution in [0.25, 0.3) is 0 Å². The minimum atomic E-state index is -3.93. The van der Waals surface area contributed by atoms with E-state index >= 15 is 0 Å². The fourth-order valence-corrected chi connectivity index (χ4v) is 5.11. The molecule has 1 aromatic carbocycles. The van der Waals surface area contributed by atoms with Gasteiger partial charge in [-0.1, -0.05) is 13.3 Å². The van der Waals surface area contributed by atoms with Crippen LogP contribution in [0.5, 0.6) is 5.75 Å². The molecule has 0 spiro atoms. The van der Waals surface area contributed by atoms with E-state index in [4.69, 9.17) is 0 Å². The van der Waals surface area contributed by atoms with E-state index in [0.717, 1.165) is 19.1 Å².